The third kappa shape index (κ3) is 4.48. The van der Waals surface area contributed by atoms with Gasteiger partial charge in [0, 0.05) is 17.4 Å². The van der Waals surface area contributed by atoms with Gasteiger partial charge in [0.2, 0.25) is 0 Å². The van der Waals surface area contributed by atoms with Gasteiger partial charge in [0.15, 0.2) is 0 Å². The van der Waals surface area contributed by atoms with Gasteiger partial charge in [-0.15, -0.1) is 0 Å². The predicted octanol–water partition coefficient (Wildman–Crippen LogP) is 4.51. The molecule has 1 aromatic heterocycles. The Morgan fingerprint density at radius 2 is 1.75 bits per heavy atom. The van der Waals surface area contributed by atoms with Crippen molar-refractivity contribution >= 4 is 27.2 Å². The Labute approximate surface area is 166 Å². The molecule has 1 heterocycles. The molecule has 28 heavy (non-hydrogen) atoms. The van der Waals surface area contributed by atoms with Gasteiger partial charge < -0.3 is 5.32 Å². The topological polar surface area (TPSA) is 84.0 Å². The maximum Gasteiger partial charge on any atom is 0.262 e. The van der Waals surface area contributed by atoms with Gasteiger partial charge in [0.05, 0.1) is 10.6 Å². The predicted molar refractivity (Wildman–Crippen MR) is 113 cm³/mol. The third-order valence-electron chi connectivity index (χ3n) is 4.43. The summed E-state index contributed by atoms with van der Waals surface area (Å²) in [6.45, 7) is 7.62. The van der Waals surface area contributed by atoms with E-state index in [1.165, 1.54) is 6.33 Å². The highest BCUT2D eigenvalue weighted by molar-refractivity contribution is 7.92. The van der Waals surface area contributed by atoms with Gasteiger partial charge in [-0.3, -0.25) is 4.72 Å². The van der Waals surface area contributed by atoms with Gasteiger partial charge in [0.25, 0.3) is 10.0 Å². The fourth-order valence-electron chi connectivity index (χ4n) is 3.03. The summed E-state index contributed by atoms with van der Waals surface area (Å²) in [6, 6.07) is 12.7. The highest BCUT2D eigenvalue weighted by atomic mass is 32.2. The summed E-state index contributed by atoms with van der Waals surface area (Å²) < 4.78 is 28.7. The average molecular weight is 397 g/mol. The lowest BCUT2D eigenvalue weighted by atomic mass is 10.1. The molecule has 0 fully saturated rings. The van der Waals surface area contributed by atoms with E-state index in [0.717, 1.165) is 28.1 Å². The molecule has 0 radical (unpaired) electrons. The zero-order chi connectivity index (χ0) is 20.3. The molecule has 0 aliphatic rings. The zero-order valence-electron chi connectivity index (χ0n) is 16.4. The second kappa shape index (κ2) is 7.98. The first-order chi connectivity index (χ1) is 13.3. The molecule has 0 saturated heterocycles. The van der Waals surface area contributed by atoms with E-state index in [1.807, 2.05) is 45.0 Å². The summed E-state index contributed by atoms with van der Waals surface area (Å²) in [5, 5.41) is 3.19. The van der Waals surface area contributed by atoms with E-state index in [1.54, 1.807) is 25.1 Å². The van der Waals surface area contributed by atoms with Crippen molar-refractivity contribution in [3.8, 4) is 0 Å². The average Bonchev–Trinajstić information content (AvgIpc) is 2.61. The number of nitrogens with zero attached hydrogens (tertiary/aromatic N) is 2. The second-order valence-corrected chi connectivity index (χ2v) is 8.42. The van der Waals surface area contributed by atoms with Crippen LogP contribution in [0.1, 0.15) is 29.3 Å². The fourth-order valence-corrected chi connectivity index (χ4v) is 4.35. The standard InChI is InChI=1S/C21H24N4O2S/c1-5-17-7-8-18(24-21-11-16(4)22-13-23-21)12-19(17)25-28(26,27)20-9-6-14(2)10-15(20)3/h6-13,25H,5H2,1-4H3,(H,22,23,24). The number of rotatable bonds is 6. The van der Waals surface area contributed by atoms with E-state index in [9.17, 15) is 8.42 Å². The number of hydrogen-bond acceptors (Lipinski definition) is 5. The molecule has 6 nitrogen and oxygen atoms in total. The Morgan fingerprint density at radius 3 is 2.43 bits per heavy atom. The van der Waals surface area contributed by atoms with Gasteiger partial charge >= 0.3 is 0 Å². The van der Waals surface area contributed by atoms with Crippen LogP contribution < -0.4 is 10.0 Å². The summed E-state index contributed by atoms with van der Waals surface area (Å²) in [5.74, 6) is 0.653. The Balaban J connectivity index is 1.94. The molecule has 0 amide bonds. The Hall–Kier alpha value is -2.93. The molecule has 0 atom stereocenters. The maximum atomic E-state index is 13.0. The molecule has 0 bridgehead atoms. The number of benzene rings is 2. The first-order valence-electron chi connectivity index (χ1n) is 9.07. The lowest BCUT2D eigenvalue weighted by Gasteiger charge is -2.15. The van der Waals surface area contributed by atoms with Gasteiger partial charge in [-0.1, -0.05) is 30.7 Å². The molecule has 0 unspecified atom stereocenters. The number of aromatic nitrogens is 2. The summed E-state index contributed by atoms with van der Waals surface area (Å²) in [7, 11) is -3.69. The normalized spacial score (nSPS) is 11.3. The molecule has 7 heteroatoms. The number of sulfonamides is 1. The largest absolute Gasteiger partial charge is 0.340 e. The van der Waals surface area contributed by atoms with Crippen molar-refractivity contribution in [1.82, 2.24) is 9.97 Å². The maximum absolute atomic E-state index is 13.0. The van der Waals surface area contributed by atoms with Gasteiger partial charge in [-0.25, -0.2) is 18.4 Å². The van der Waals surface area contributed by atoms with Crippen molar-refractivity contribution in [3.05, 3.63) is 71.2 Å². The van der Waals surface area contributed by atoms with Crippen LogP contribution in [0.5, 0.6) is 0 Å². The van der Waals surface area contributed by atoms with Crippen molar-refractivity contribution in [2.45, 2.75) is 39.0 Å². The van der Waals surface area contributed by atoms with Crippen molar-refractivity contribution in [2.75, 3.05) is 10.0 Å². The minimum atomic E-state index is -3.69. The first-order valence-corrected chi connectivity index (χ1v) is 10.6. The van der Waals surface area contributed by atoms with Crippen LogP contribution in [-0.4, -0.2) is 18.4 Å². The molecule has 0 saturated carbocycles. The van der Waals surface area contributed by atoms with E-state index in [2.05, 4.69) is 20.0 Å². The van der Waals surface area contributed by atoms with Crippen molar-refractivity contribution in [2.24, 2.45) is 0 Å². The highest BCUT2D eigenvalue weighted by Crippen LogP contribution is 2.27. The number of anilines is 3. The molecule has 0 aliphatic carbocycles. The van der Waals surface area contributed by atoms with Crippen LogP contribution in [0.15, 0.2) is 53.7 Å². The summed E-state index contributed by atoms with van der Waals surface area (Å²) >= 11 is 0. The monoisotopic (exact) mass is 396 g/mol. The van der Waals surface area contributed by atoms with Gasteiger partial charge in [-0.05, 0) is 56.5 Å². The molecular formula is C21H24N4O2S. The quantitative estimate of drug-likeness (QED) is 0.640. The van der Waals surface area contributed by atoms with Crippen LogP contribution >= 0.6 is 0 Å². The lowest BCUT2D eigenvalue weighted by Crippen LogP contribution is -2.15. The highest BCUT2D eigenvalue weighted by Gasteiger charge is 2.18. The van der Waals surface area contributed by atoms with Crippen molar-refractivity contribution in [1.29, 1.82) is 0 Å². The van der Waals surface area contributed by atoms with E-state index in [4.69, 9.17) is 0 Å². The van der Waals surface area contributed by atoms with Gasteiger partial charge in [-0.2, -0.15) is 0 Å². The lowest BCUT2D eigenvalue weighted by molar-refractivity contribution is 0.600. The number of nitrogens with one attached hydrogen (secondary N) is 2. The second-order valence-electron chi connectivity index (χ2n) is 6.77. The summed E-state index contributed by atoms with van der Waals surface area (Å²) in [4.78, 5) is 8.55. The Kier molecular flexibility index (Phi) is 5.65. The zero-order valence-corrected chi connectivity index (χ0v) is 17.3. The van der Waals surface area contributed by atoms with E-state index >= 15 is 0 Å². The molecule has 3 aromatic rings. The van der Waals surface area contributed by atoms with Crippen LogP contribution in [0.4, 0.5) is 17.2 Å². The molecule has 146 valence electrons. The van der Waals surface area contributed by atoms with Gasteiger partial charge in [0.1, 0.15) is 12.1 Å². The molecular weight excluding hydrogens is 372 g/mol. The SMILES string of the molecule is CCc1ccc(Nc2cc(C)ncn2)cc1NS(=O)(=O)c1ccc(C)cc1C. The Morgan fingerprint density at radius 1 is 0.964 bits per heavy atom. The van der Waals surface area contributed by atoms with E-state index in [0.29, 0.717) is 17.9 Å². The van der Waals surface area contributed by atoms with Crippen molar-refractivity contribution in [3.63, 3.8) is 0 Å². The van der Waals surface area contributed by atoms with Crippen molar-refractivity contribution < 1.29 is 8.42 Å². The van der Waals surface area contributed by atoms with Crippen LogP contribution in [0, 0.1) is 20.8 Å². The van der Waals surface area contributed by atoms with Crippen LogP contribution in [-0.2, 0) is 16.4 Å². The van der Waals surface area contributed by atoms with Crippen LogP contribution in [0.25, 0.3) is 0 Å². The van der Waals surface area contributed by atoms with E-state index < -0.39 is 10.0 Å². The minimum absolute atomic E-state index is 0.282. The summed E-state index contributed by atoms with van der Waals surface area (Å²) in [5.41, 5.74) is 4.80. The molecule has 2 N–H and O–H groups in total. The molecule has 2 aromatic carbocycles. The molecule has 0 aliphatic heterocycles. The number of aryl methyl sites for hydroxylation is 4. The van der Waals surface area contributed by atoms with E-state index in [-0.39, 0.29) is 4.90 Å². The molecule has 0 spiro atoms. The summed E-state index contributed by atoms with van der Waals surface area (Å²) in [6.07, 6.45) is 2.19. The number of hydrogen-bond donors (Lipinski definition) is 2. The smallest absolute Gasteiger partial charge is 0.262 e. The van der Waals surface area contributed by atoms with Crippen LogP contribution in [0.3, 0.4) is 0 Å². The third-order valence-corrected chi connectivity index (χ3v) is 5.96. The Bertz CT molecular complexity index is 1110. The minimum Gasteiger partial charge on any atom is -0.340 e. The first kappa shape index (κ1) is 19.8. The molecule has 3 rings (SSSR count). The van der Waals surface area contributed by atoms with Crippen LogP contribution in [0.2, 0.25) is 0 Å². The fraction of sp³-hybridized carbons (Fsp3) is 0.238.